The molecule has 1 aliphatic heterocycles. The summed E-state index contributed by atoms with van der Waals surface area (Å²) < 4.78 is 5.10. The number of amides is 2. The lowest BCUT2D eigenvalue weighted by Crippen LogP contribution is -2.63. The number of β-lactam (4-membered cyclic amide) rings is 1. The van der Waals surface area contributed by atoms with Gasteiger partial charge in [-0.15, -0.1) is 11.6 Å². The van der Waals surface area contributed by atoms with Gasteiger partial charge in [-0.1, -0.05) is 24.3 Å². The Bertz CT molecular complexity index is 778. The van der Waals surface area contributed by atoms with Crippen LogP contribution in [0.1, 0.15) is 22.0 Å². The maximum absolute atomic E-state index is 12.3. The second-order valence-electron chi connectivity index (χ2n) is 5.29. The Hall–Kier alpha value is -2.73. The zero-order chi connectivity index (χ0) is 17.3. The van der Waals surface area contributed by atoms with Gasteiger partial charge in [0.2, 0.25) is 0 Å². The van der Waals surface area contributed by atoms with E-state index in [1.807, 2.05) is 0 Å². The third kappa shape index (κ3) is 2.76. The van der Waals surface area contributed by atoms with E-state index in [2.05, 4.69) is 5.43 Å². The van der Waals surface area contributed by atoms with Gasteiger partial charge in [0.15, 0.2) is 0 Å². The predicted octanol–water partition coefficient (Wildman–Crippen LogP) is 2.24. The molecule has 124 valence electrons. The largest absolute Gasteiger partial charge is 0.507 e. The van der Waals surface area contributed by atoms with E-state index in [1.165, 1.54) is 17.1 Å². The number of phenols is 1. The second kappa shape index (κ2) is 6.41. The number of nitrogens with one attached hydrogen (secondary N) is 1. The van der Waals surface area contributed by atoms with Crippen LogP contribution in [0.15, 0.2) is 48.5 Å². The Labute approximate surface area is 143 Å². The molecule has 1 saturated heterocycles. The highest BCUT2D eigenvalue weighted by atomic mass is 35.5. The van der Waals surface area contributed by atoms with Crippen LogP contribution in [0.25, 0.3) is 0 Å². The highest BCUT2D eigenvalue weighted by molar-refractivity contribution is 6.33. The Balaban J connectivity index is 1.79. The van der Waals surface area contributed by atoms with Gasteiger partial charge in [0.25, 0.3) is 11.8 Å². The van der Waals surface area contributed by atoms with E-state index in [0.29, 0.717) is 5.75 Å². The summed E-state index contributed by atoms with van der Waals surface area (Å²) in [5.74, 6) is -0.462. The highest BCUT2D eigenvalue weighted by Crippen LogP contribution is 2.37. The summed E-state index contributed by atoms with van der Waals surface area (Å²) in [6.07, 6.45) is 0. The maximum atomic E-state index is 12.3. The van der Waals surface area contributed by atoms with E-state index >= 15 is 0 Å². The lowest BCUT2D eigenvalue weighted by Gasteiger charge is -2.43. The second-order valence-corrected chi connectivity index (χ2v) is 5.76. The SMILES string of the molecule is COc1ccc([C@@H]2[C@@H](Cl)C(=O)N2NC(=O)c2ccccc2O)cc1. The summed E-state index contributed by atoms with van der Waals surface area (Å²) in [6.45, 7) is 0. The summed E-state index contributed by atoms with van der Waals surface area (Å²) in [4.78, 5) is 24.3. The Kier molecular flexibility index (Phi) is 4.31. The van der Waals surface area contributed by atoms with E-state index in [0.717, 1.165) is 5.56 Å². The average Bonchev–Trinajstić information content (AvgIpc) is 2.61. The van der Waals surface area contributed by atoms with Gasteiger partial charge in [-0.3, -0.25) is 15.0 Å². The number of hydrazine groups is 1. The molecule has 2 aromatic carbocycles. The molecule has 0 spiro atoms. The van der Waals surface area contributed by atoms with Crippen molar-refractivity contribution in [1.29, 1.82) is 0 Å². The fourth-order valence-electron chi connectivity index (χ4n) is 2.53. The zero-order valence-electron chi connectivity index (χ0n) is 12.8. The first kappa shape index (κ1) is 16.1. The van der Waals surface area contributed by atoms with Gasteiger partial charge in [0, 0.05) is 0 Å². The molecule has 24 heavy (non-hydrogen) atoms. The predicted molar refractivity (Wildman–Crippen MR) is 87.8 cm³/mol. The summed E-state index contributed by atoms with van der Waals surface area (Å²) >= 11 is 6.11. The number of alkyl halides is 1. The van der Waals surface area contributed by atoms with Crippen molar-refractivity contribution >= 4 is 23.4 Å². The monoisotopic (exact) mass is 346 g/mol. The number of carbonyl (C=O) groups is 2. The van der Waals surface area contributed by atoms with Crippen LogP contribution in [0.3, 0.4) is 0 Å². The molecule has 1 heterocycles. The number of aromatic hydroxyl groups is 1. The number of hydrogen-bond donors (Lipinski definition) is 2. The summed E-state index contributed by atoms with van der Waals surface area (Å²) in [7, 11) is 1.56. The zero-order valence-corrected chi connectivity index (χ0v) is 13.5. The molecular formula is C17H15ClN2O4. The first-order valence-corrected chi connectivity index (χ1v) is 7.66. The molecule has 2 amide bonds. The first-order chi connectivity index (χ1) is 11.5. The highest BCUT2D eigenvalue weighted by Gasteiger charge is 2.48. The van der Waals surface area contributed by atoms with Gasteiger partial charge < -0.3 is 9.84 Å². The van der Waals surface area contributed by atoms with Gasteiger partial charge in [0.1, 0.15) is 22.9 Å². The van der Waals surface area contributed by atoms with Crippen LogP contribution in [-0.2, 0) is 4.79 Å². The van der Waals surface area contributed by atoms with Crippen LogP contribution in [0.5, 0.6) is 11.5 Å². The van der Waals surface area contributed by atoms with Crippen LogP contribution < -0.4 is 10.2 Å². The van der Waals surface area contributed by atoms with Crippen LogP contribution >= 0.6 is 11.6 Å². The number of methoxy groups -OCH3 is 1. The van der Waals surface area contributed by atoms with Crippen LogP contribution in [0.2, 0.25) is 0 Å². The lowest BCUT2D eigenvalue weighted by molar-refractivity contribution is -0.149. The molecule has 3 rings (SSSR count). The molecule has 0 bridgehead atoms. The van der Waals surface area contributed by atoms with Crippen LogP contribution in [0.4, 0.5) is 0 Å². The van der Waals surface area contributed by atoms with Gasteiger partial charge in [-0.05, 0) is 29.8 Å². The number of nitrogens with zero attached hydrogens (tertiary/aromatic N) is 1. The minimum atomic E-state index is -0.761. The van der Waals surface area contributed by atoms with Crippen molar-refractivity contribution in [3.05, 3.63) is 59.7 Å². The fourth-order valence-corrected chi connectivity index (χ4v) is 2.90. The molecule has 1 aliphatic rings. The van der Waals surface area contributed by atoms with Crippen molar-refractivity contribution in [2.24, 2.45) is 0 Å². The molecule has 0 aliphatic carbocycles. The number of para-hydroxylation sites is 1. The van der Waals surface area contributed by atoms with Crippen molar-refractivity contribution in [3.8, 4) is 11.5 Å². The van der Waals surface area contributed by atoms with Crippen molar-refractivity contribution in [2.75, 3.05) is 7.11 Å². The maximum Gasteiger partial charge on any atom is 0.273 e. The minimum absolute atomic E-state index is 0.0804. The molecular weight excluding hydrogens is 332 g/mol. The number of benzene rings is 2. The van der Waals surface area contributed by atoms with Gasteiger partial charge in [-0.25, -0.2) is 5.01 Å². The normalized spacial score (nSPS) is 19.6. The van der Waals surface area contributed by atoms with E-state index < -0.39 is 23.2 Å². The van der Waals surface area contributed by atoms with Crippen molar-refractivity contribution in [1.82, 2.24) is 10.4 Å². The molecule has 0 saturated carbocycles. The molecule has 6 nitrogen and oxygen atoms in total. The Morgan fingerprint density at radius 1 is 1.21 bits per heavy atom. The molecule has 1 fully saturated rings. The molecule has 7 heteroatoms. The minimum Gasteiger partial charge on any atom is -0.507 e. The van der Waals surface area contributed by atoms with Crippen molar-refractivity contribution in [2.45, 2.75) is 11.4 Å². The summed E-state index contributed by atoms with van der Waals surface area (Å²) in [5, 5.41) is 10.2. The van der Waals surface area contributed by atoms with Gasteiger partial charge >= 0.3 is 0 Å². The fraction of sp³-hybridized carbons (Fsp3) is 0.176. The average molecular weight is 347 g/mol. The quantitative estimate of drug-likeness (QED) is 0.657. The van der Waals surface area contributed by atoms with Crippen LogP contribution in [0, 0.1) is 0 Å². The van der Waals surface area contributed by atoms with E-state index in [9.17, 15) is 14.7 Å². The lowest BCUT2D eigenvalue weighted by atomic mass is 9.95. The number of hydrogen-bond acceptors (Lipinski definition) is 4. The molecule has 0 unspecified atom stereocenters. The number of rotatable bonds is 4. The molecule has 2 aromatic rings. The van der Waals surface area contributed by atoms with Gasteiger partial charge in [-0.2, -0.15) is 0 Å². The van der Waals surface area contributed by atoms with Crippen LogP contribution in [-0.4, -0.2) is 34.4 Å². The van der Waals surface area contributed by atoms with Gasteiger partial charge in [0.05, 0.1) is 12.7 Å². The first-order valence-electron chi connectivity index (χ1n) is 7.23. The third-order valence-electron chi connectivity index (χ3n) is 3.86. The molecule has 0 radical (unpaired) electrons. The Morgan fingerprint density at radius 2 is 1.88 bits per heavy atom. The van der Waals surface area contributed by atoms with Crippen molar-refractivity contribution in [3.63, 3.8) is 0 Å². The van der Waals surface area contributed by atoms with E-state index in [-0.39, 0.29) is 11.3 Å². The molecule has 0 aromatic heterocycles. The standard InChI is InChI=1S/C17H15ClN2O4/c1-24-11-8-6-10(7-9-11)15-14(18)17(23)20(15)19-16(22)12-4-2-3-5-13(12)21/h2-9,14-15,21H,1H3,(H,19,22)/t14-,15-/m1/s1. The number of carbonyl (C=O) groups excluding carboxylic acids is 2. The molecule has 2 N–H and O–H groups in total. The van der Waals surface area contributed by atoms with E-state index in [1.54, 1.807) is 43.5 Å². The number of ether oxygens (including phenoxy) is 1. The topological polar surface area (TPSA) is 78.9 Å². The summed E-state index contributed by atoms with van der Waals surface area (Å²) in [6, 6.07) is 12.7. The third-order valence-corrected chi connectivity index (χ3v) is 4.28. The van der Waals surface area contributed by atoms with Crippen molar-refractivity contribution < 1.29 is 19.4 Å². The smallest absolute Gasteiger partial charge is 0.273 e. The summed E-state index contributed by atoms with van der Waals surface area (Å²) in [5.41, 5.74) is 3.35. The number of phenolic OH excluding ortho intramolecular Hbond substituents is 1. The molecule has 2 atom stereocenters. The number of halogens is 1. The van der Waals surface area contributed by atoms with E-state index in [4.69, 9.17) is 16.3 Å². The Morgan fingerprint density at radius 3 is 2.50 bits per heavy atom.